The Morgan fingerprint density at radius 3 is 2.44 bits per heavy atom. The van der Waals surface area contributed by atoms with Crippen LogP contribution in [0.3, 0.4) is 0 Å². The number of hydrogen-bond acceptors (Lipinski definition) is 2. The smallest absolute Gasteiger partial charge is 0.339 e. The molecule has 0 amide bonds. The maximum absolute atomic E-state index is 11.1. The molecule has 0 saturated heterocycles. The van der Waals surface area contributed by atoms with Gasteiger partial charge < -0.3 is 10.2 Å². The number of hydrogen-bond donors (Lipinski definition) is 2. The van der Waals surface area contributed by atoms with Crippen molar-refractivity contribution >= 4 is 28.3 Å². The molecule has 3 nitrogen and oxygen atoms in total. The number of fused-ring (bicyclic) bond motifs is 1. The molecule has 0 radical (unpaired) electrons. The molecule has 0 bridgehead atoms. The molecule has 0 aliphatic heterocycles. The molecule has 0 saturated carbocycles. The maximum atomic E-state index is 11.1. The van der Waals surface area contributed by atoms with Crippen LogP contribution in [0, 0.1) is 0 Å². The quantitative estimate of drug-likeness (QED) is 0.861. The van der Waals surface area contributed by atoms with E-state index >= 15 is 0 Å². The Morgan fingerprint density at radius 2 is 1.89 bits per heavy atom. The summed E-state index contributed by atoms with van der Waals surface area (Å²) in [6, 6.07) is 6.54. The topological polar surface area (TPSA) is 57.5 Å². The number of halogens is 1. The van der Waals surface area contributed by atoms with Crippen LogP contribution in [0.2, 0.25) is 5.02 Å². The monoisotopic (exact) mass is 264 g/mol. The third-order valence-electron chi connectivity index (χ3n) is 2.96. The first-order valence-electron chi connectivity index (χ1n) is 5.60. The lowest BCUT2D eigenvalue weighted by Gasteiger charge is -2.14. The second-order valence-electron chi connectivity index (χ2n) is 4.51. The van der Waals surface area contributed by atoms with E-state index in [0.717, 1.165) is 10.9 Å². The van der Waals surface area contributed by atoms with E-state index < -0.39 is 5.97 Å². The van der Waals surface area contributed by atoms with Gasteiger partial charge in [-0.05, 0) is 41.1 Å². The second kappa shape index (κ2) is 4.50. The lowest BCUT2D eigenvalue weighted by atomic mass is 9.93. The average molecular weight is 265 g/mol. The maximum Gasteiger partial charge on any atom is 0.339 e. The van der Waals surface area contributed by atoms with Gasteiger partial charge in [0.05, 0.1) is 0 Å². The van der Waals surface area contributed by atoms with Gasteiger partial charge in [-0.15, -0.1) is 0 Å². The zero-order valence-electron chi connectivity index (χ0n) is 10.1. The van der Waals surface area contributed by atoms with Gasteiger partial charge in [0.1, 0.15) is 11.3 Å². The Kier molecular flexibility index (Phi) is 3.18. The summed E-state index contributed by atoms with van der Waals surface area (Å²) >= 11 is 5.95. The number of aromatic carboxylic acids is 1. The van der Waals surface area contributed by atoms with E-state index in [0.29, 0.717) is 10.4 Å². The van der Waals surface area contributed by atoms with Crippen molar-refractivity contribution < 1.29 is 15.0 Å². The number of aromatic hydroxyl groups is 1. The van der Waals surface area contributed by atoms with Gasteiger partial charge in [-0.3, -0.25) is 0 Å². The van der Waals surface area contributed by atoms with Gasteiger partial charge in [0.2, 0.25) is 0 Å². The van der Waals surface area contributed by atoms with E-state index in [9.17, 15) is 9.90 Å². The first kappa shape index (κ1) is 12.7. The third-order valence-corrected chi connectivity index (χ3v) is 3.19. The molecule has 0 atom stereocenters. The summed E-state index contributed by atoms with van der Waals surface area (Å²) in [6.07, 6.45) is 0. The van der Waals surface area contributed by atoms with Crippen LogP contribution in [0.5, 0.6) is 5.75 Å². The normalized spacial score (nSPS) is 11.1. The fraction of sp³-hybridized carbons (Fsp3) is 0.214. The van der Waals surface area contributed by atoms with Gasteiger partial charge >= 0.3 is 5.97 Å². The van der Waals surface area contributed by atoms with Crippen molar-refractivity contribution in [3.8, 4) is 5.75 Å². The number of carboxylic acid groups (broad SMARTS) is 1. The van der Waals surface area contributed by atoms with Gasteiger partial charge in [-0.2, -0.15) is 0 Å². The van der Waals surface area contributed by atoms with Gasteiger partial charge in [0.15, 0.2) is 0 Å². The molecule has 2 aromatic carbocycles. The van der Waals surface area contributed by atoms with Crippen LogP contribution in [0.1, 0.15) is 35.7 Å². The summed E-state index contributed by atoms with van der Waals surface area (Å²) in [4.78, 5) is 11.1. The van der Waals surface area contributed by atoms with Gasteiger partial charge in [-0.25, -0.2) is 4.79 Å². The fourth-order valence-electron chi connectivity index (χ4n) is 2.05. The van der Waals surface area contributed by atoms with Crippen LogP contribution >= 0.6 is 11.6 Å². The third kappa shape index (κ3) is 2.02. The number of rotatable bonds is 2. The van der Waals surface area contributed by atoms with Crippen LogP contribution < -0.4 is 0 Å². The van der Waals surface area contributed by atoms with Crippen molar-refractivity contribution in [2.45, 2.75) is 19.8 Å². The molecule has 2 rings (SSSR count). The van der Waals surface area contributed by atoms with E-state index in [2.05, 4.69) is 0 Å². The van der Waals surface area contributed by atoms with Crippen molar-refractivity contribution in [3.05, 3.63) is 40.4 Å². The van der Waals surface area contributed by atoms with Gasteiger partial charge in [-0.1, -0.05) is 25.4 Å². The van der Waals surface area contributed by atoms with E-state index in [1.54, 1.807) is 18.2 Å². The summed E-state index contributed by atoms with van der Waals surface area (Å²) < 4.78 is 0. The van der Waals surface area contributed by atoms with Gasteiger partial charge in [0, 0.05) is 10.4 Å². The first-order valence-corrected chi connectivity index (χ1v) is 5.98. The van der Waals surface area contributed by atoms with Crippen molar-refractivity contribution in [2.24, 2.45) is 0 Å². The highest BCUT2D eigenvalue weighted by molar-refractivity contribution is 6.31. The van der Waals surface area contributed by atoms with Crippen LogP contribution in [0.15, 0.2) is 24.3 Å². The zero-order chi connectivity index (χ0) is 13.4. The predicted molar refractivity (Wildman–Crippen MR) is 71.7 cm³/mol. The van der Waals surface area contributed by atoms with E-state index in [-0.39, 0.29) is 17.2 Å². The predicted octanol–water partition coefficient (Wildman–Crippen LogP) is 4.02. The summed E-state index contributed by atoms with van der Waals surface area (Å²) in [5, 5.41) is 21.0. The summed E-state index contributed by atoms with van der Waals surface area (Å²) in [6.45, 7) is 3.94. The Bertz CT molecular complexity index is 632. The minimum absolute atomic E-state index is 0.0754. The minimum Gasteiger partial charge on any atom is -0.506 e. The largest absolute Gasteiger partial charge is 0.506 e. The Morgan fingerprint density at radius 1 is 1.22 bits per heavy atom. The molecule has 0 fully saturated rings. The van der Waals surface area contributed by atoms with E-state index in [1.165, 1.54) is 6.07 Å². The van der Waals surface area contributed by atoms with Crippen LogP contribution in [-0.2, 0) is 0 Å². The highest BCUT2D eigenvalue weighted by Gasteiger charge is 2.17. The molecule has 4 heteroatoms. The SMILES string of the molecule is CC(C)c1cc(C(=O)O)c(O)c2ccc(Cl)cc12. The lowest BCUT2D eigenvalue weighted by molar-refractivity contribution is 0.0694. The minimum atomic E-state index is -1.13. The van der Waals surface area contributed by atoms with Crippen LogP contribution in [-0.4, -0.2) is 16.2 Å². The fourth-order valence-corrected chi connectivity index (χ4v) is 2.22. The summed E-state index contributed by atoms with van der Waals surface area (Å²) in [5.74, 6) is -1.20. The number of carbonyl (C=O) groups is 1. The van der Waals surface area contributed by atoms with Crippen LogP contribution in [0.4, 0.5) is 0 Å². The number of carboxylic acids is 1. The first-order chi connectivity index (χ1) is 8.41. The standard InChI is InChI=1S/C14H13ClO3/c1-7(2)10-6-12(14(17)18)13(16)9-4-3-8(15)5-11(9)10/h3-7,16H,1-2H3,(H,17,18). The average Bonchev–Trinajstić information content (AvgIpc) is 2.28. The second-order valence-corrected chi connectivity index (χ2v) is 4.95. The summed E-state index contributed by atoms with van der Waals surface area (Å²) in [5.41, 5.74) is 0.788. The zero-order valence-corrected chi connectivity index (χ0v) is 10.8. The van der Waals surface area contributed by atoms with Crippen molar-refractivity contribution in [1.29, 1.82) is 0 Å². The van der Waals surface area contributed by atoms with Crippen molar-refractivity contribution in [2.75, 3.05) is 0 Å². The molecular weight excluding hydrogens is 252 g/mol. The highest BCUT2D eigenvalue weighted by Crippen LogP contribution is 2.36. The lowest BCUT2D eigenvalue weighted by Crippen LogP contribution is -2.01. The molecule has 0 unspecified atom stereocenters. The van der Waals surface area contributed by atoms with E-state index in [4.69, 9.17) is 16.7 Å². The molecule has 18 heavy (non-hydrogen) atoms. The number of phenols is 1. The molecule has 94 valence electrons. The van der Waals surface area contributed by atoms with Crippen molar-refractivity contribution in [1.82, 2.24) is 0 Å². The Labute approximate surface area is 110 Å². The van der Waals surface area contributed by atoms with Crippen LogP contribution in [0.25, 0.3) is 10.8 Å². The Balaban J connectivity index is 2.92. The highest BCUT2D eigenvalue weighted by atomic mass is 35.5. The van der Waals surface area contributed by atoms with Crippen molar-refractivity contribution in [3.63, 3.8) is 0 Å². The number of benzene rings is 2. The summed E-state index contributed by atoms with van der Waals surface area (Å²) in [7, 11) is 0. The molecule has 0 aliphatic carbocycles. The Hall–Kier alpha value is -1.74. The molecule has 2 N–H and O–H groups in total. The van der Waals surface area contributed by atoms with Gasteiger partial charge in [0.25, 0.3) is 0 Å². The molecular formula is C14H13ClO3. The molecule has 0 aromatic heterocycles. The molecule has 0 spiro atoms. The molecule has 0 heterocycles. The molecule has 2 aromatic rings. The molecule has 0 aliphatic rings. The van der Waals surface area contributed by atoms with E-state index in [1.807, 2.05) is 13.8 Å².